The van der Waals surface area contributed by atoms with Crippen molar-refractivity contribution in [3.05, 3.63) is 82.8 Å². The second kappa shape index (κ2) is 6.50. The van der Waals surface area contributed by atoms with Crippen molar-refractivity contribution < 1.29 is 5.11 Å². The average molecular weight is 315 g/mol. The maximum atomic E-state index is 9.59. The summed E-state index contributed by atoms with van der Waals surface area (Å²) in [5, 5.41) is 15.6. The van der Waals surface area contributed by atoms with Crippen molar-refractivity contribution in [2.45, 2.75) is 19.1 Å². The van der Waals surface area contributed by atoms with Gasteiger partial charge in [-0.05, 0) is 39.6 Å². The van der Waals surface area contributed by atoms with Gasteiger partial charge in [0.1, 0.15) is 0 Å². The maximum absolute atomic E-state index is 9.59. The highest BCUT2D eigenvalue weighted by Gasteiger charge is 2.17. The fourth-order valence-corrected chi connectivity index (χ4v) is 3.50. The summed E-state index contributed by atoms with van der Waals surface area (Å²) >= 11 is 0. The molecule has 2 aromatic carbocycles. The predicted molar refractivity (Wildman–Crippen MR) is 99.3 cm³/mol. The quantitative estimate of drug-likeness (QED) is 0.892. The topological polar surface area (TPSA) is 32.3 Å². The van der Waals surface area contributed by atoms with Gasteiger partial charge in [0.05, 0.1) is 12.6 Å². The van der Waals surface area contributed by atoms with Crippen LogP contribution in [0.2, 0.25) is 0 Å². The van der Waals surface area contributed by atoms with E-state index in [9.17, 15) is 5.11 Å². The Labute approximate surface area is 142 Å². The molecule has 2 unspecified atom stereocenters. The molecule has 0 spiro atoms. The molecule has 2 aliphatic rings. The van der Waals surface area contributed by atoms with Crippen LogP contribution in [-0.2, 0) is 6.61 Å². The van der Waals surface area contributed by atoms with Gasteiger partial charge in [0, 0.05) is 12.1 Å². The molecule has 1 aliphatic carbocycles. The van der Waals surface area contributed by atoms with Crippen molar-refractivity contribution in [1.82, 2.24) is 5.32 Å². The monoisotopic (exact) mass is 315 g/mol. The van der Waals surface area contributed by atoms with Crippen LogP contribution < -0.4 is 15.8 Å². The minimum absolute atomic E-state index is 0.0578. The molecule has 0 aromatic heterocycles. The Morgan fingerprint density at radius 3 is 2.79 bits per heavy atom. The van der Waals surface area contributed by atoms with E-state index in [1.807, 2.05) is 18.2 Å². The van der Waals surface area contributed by atoms with E-state index in [0.29, 0.717) is 12.0 Å². The zero-order valence-corrected chi connectivity index (χ0v) is 13.5. The Bertz CT molecular complexity index is 923. The number of nitrogens with one attached hydrogen (secondary N) is 1. The summed E-state index contributed by atoms with van der Waals surface area (Å²) in [6, 6.07) is 14.9. The van der Waals surface area contributed by atoms with Gasteiger partial charge < -0.3 is 10.4 Å². The molecular formula is C22H21NO. The van der Waals surface area contributed by atoms with E-state index in [0.717, 1.165) is 23.1 Å². The Morgan fingerprint density at radius 1 is 1.00 bits per heavy atom. The zero-order chi connectivity index (χ0) is 16.4. The Hall–Kier alpha value is -2.58. The van der Waals surface area contributed by atoms with Gasteiger partial charge in [0.25, 0.3) is 0 Å². The van der Waals surface area contributed by atoms with Gasteiger partial charge in [-0.15, -0.1) is 0 Å². The molecular weight excluding hydrogens is 294 g/mol. The number of hydrogen-bond donors (Lipinski definition) is 2. The molecule has 2 atom stereocenters. The fourth-order valence-electron chi connectivity index (χ4n) is 3.50. The van der Waals surface area contributed by atoms with E-state index in [4.69, 9.17) is 0 Å². The molecule has 0 radical (unpaired) electrons. The van der Waals surface area contributed by atoms with Gasteiger partial charge in [-0.25, -0.2) is 0 Å². The van der Waals surface area contributed by atoms with Crippen LogP contribution in [0.4, 0.5) is 0 Å². The predicted octanol–water partition coefficient (Wildman–Crippen LogP) is 2.47. The molecule has 24 heavy (non-hydrogen) atoms. The molecule has 0 bridgehead atoms. The van der Waals surface area contributed by atoms with Crippen LogP contribution in [0.3, 0.4) is 0 Å². The van der Waals surface area contributed by atoms with Crippen molar-refractivity contribution in [3.8, 4) is 11.1 Å². The molecule has 0 saturated carbocycles. The normalized spacial score (nSPS) is 21.4. The first-order chi connectivity index (χ1) is 11.8. The van der Waals surface area contributed by atoms with Gasteiger partial charge in [-0.2, -0.15) is 0 Å². The Balaban J connectivity index is 1.79. The van der Waals surface area contributed by atoms with Crippen LogP contribution in [0.25, 0.3) is 23.4 Å². The number of hydrogen-bond acceptors (Lipinski definition) is 2. The lowest BCUT2D eigenvalue weighted by molar-refractivity contribution is 0.282. The summed E-state index contributed by atoms with van der Waals surface area (Å²) in [6.07, 6.45) is 14.2. The molecule has 0 amide bonds. The third-order valence-corrected chi connectivity index (χ3v) is 4.88. The zero-order valence-electron chi connectivity index (χ0n) is 13.5. The molecule has 1 heterocycles. The largest absolute Gasteiger partial charge is 0.392 e. The maximum Gasteiger partial charge on any atom is 0.0687 e. The number of aliphatic hydroxyl groups is 1. The summed E-state index contributed by atoms with van der Waals surface area (Å²) < 4.78 is 0. The summed E-state index contributed by atoms with van der Waals surface area (Å²) in [4.78, 5) is 0. The van der Waals surface area contributed by atoms with E-state index < -0.39 is 0 Å². The van der Waals surface area contributed by atoms with Gasteiger partial charge >= 0.3 is 0 Å². The minimum atomic E-state index is 0.0578. The van der Waals surface area contributed by atoms with Gasteiger partial charge in [0.15, 0.2) is 0 Å². The summed E-state index contributed by atoms with van der Waals surface area (Å²) in [6.45, 7) is 0.0578. The molecule has 2 heteroatoms. The molecule has 1 aliphatic heterocycles. The van der Waals surface area contributed by atoms with Gasteiger partial charge in [-0.3, -0.25) is 0 Å². The first kappa shape index (κ1) is 15.0. The minimum Gasteiger partial charge on any atom is -0.392 e. The standard InChI is InChI=1S/C22H21NO/c24-15-19-6-1-3-7-21(19)18-12-10-16-9-11-17-5-2-4-8-22(17)23-14-20(16)13-18/h1-10,12-14,17,22-24H,11,15H2. The van der Waals surface area contributed by atoms with E-state index >= 15 is 0 Å². The Morgan fingerprint density at radius 2 is 1.88 bits per heavy atom. The van der Waals surface area contributed by atoms with Crippen molar-refractivity contribution in [2.75, 3.05) is 0 Å². The highest BCUT2D eigenvalue weighted by molar-refractivity contribution is 5.67. The number of aliphatic hydroxyl groups excluding tert-OH is 1. The van der Waals surface area contributed by atoms with E-state index in [1.54, 1.807) is 0 Å². The van der Waals surface area contributed by atoms with Crippen molar-refractivity contribution in [2.24, 2.45) is 5.92 Å². The van der Waals surface area contributed by atoms with E-state index in [2.05, 4.69) is 66.2 Å². The van der Waals surface area contributed by atoms with Crippen LogP contribution in [-0.4, -0.2) is 11.1 Å². The number of rotatable bonds is 2. The first-order valence-electron chi connectivity index (χ1n) is 8.46. The molecule has 2 N–H and O–H groups in total. The lowest BCUT2D eigenvalue weighted by atomic mass is 9.90. The second-order valence-corrected chi connectivity index (χ2v) is 6.37. The van der Waals surface area contributed by atoms with Crippen molar-refractivity contribution >= 4 is 12.3 Å². The Kier molecular flexibility index (Phi) is 4.06. The number of allylic oxidation sites excluding steroid dienone is 2. The van der Waals surface area contributed by atoms with Crippen molar-refractivity contribution in [1.29, 1.82) is 0 Å². The molecule has 0 fully saturated rings. The smallest absolute Gasteiger partial charge is 0.0687 e. The molecule has 0 saturated heterocycles. The van der Waals surface area contributed by atoms with E-state index in [1.165, 1.54) is 10.4 Å². The highest BCUT2D eigenvalue weighted by Crippen LogP contribution is 2.22. The van der Waals surface area contributed by atoms with Crippen LogP contribution >= 0.6 is 0 Å². The van der Waals surface area contributed by atoms with Crippen LogP contribution in [0.15, 0.2) is 66.8 Å². The second-order valence-electron chi connectivity index (χ2n) is 6.37. The van der Waals surface area contributed by atoms with Crippen LogP contribution in [0.1, 0.15) is 12.0 Å². The molecule has 2 nitrogen and oxygen atoms in total. The lowest BCUT2D eigenvalue weighted by Gasteiger charge is -2.24. The average Bonchev–Trinajstić information content (AvgIpc) is 2.63. The number of fused-ring (bicyclic) bond motifs is 2. The summed E-state index contributed by atoms with van der Waals surface area (Å²) in [5.74, 6) is 0.509. The number of benzene rings is 2. The lowest BCUT2D eigenvalue weighted by Crippen LogP contribution is -2.37. The SMILES string of the molecule is OCc1ccccc1-c1ccc2c(c1)=CNC1C=CC=CC1CC=2. The highest BCUT2D eigenvalue weighted by atomic mass is 16.3. The fraction of sp³-hybridized carbons (Fsp3) is 0.182. The van der Waals surface area contributed by atoms with Crippen molar-refractivity contribution in [3.63, 3.8) is 0 Å². The third-order valence-electron chi connectivity index (χ3n) is 4.88. The molecule has 4 rings (SSSR count). The molecule has 120 valence electrons. The van der Waals surface area contributed by atoms with Gasteiger partial charge in [0.2, 0.25) is 0 Å². The van der Waals surface area contributed by atoms with Gasteiger partial charge in [-0.1, -0.05) is 66.8 Å². The van der Waals surface area contributed by atoms with E-state index in [-0.39, 0.29) is 6.61 Å². The molecule has 2 aromatic rings. The third kappa shape index (κ3) is 2.81. The first-order valence-corrected chi connectivity index (χ1v) is 8.46. The van der Waals surface area contributed by atoms with Crippen LogP contribution in [0, 0.1) is 5.92 Å². The van der Waals surface area contributed by atoms with Crippen LogP contribution in [0.5, 0.6) is 0 Å². The summed E-state index contributed by atoms with van der Waals surface area (Å²) in [5.41, 5.74) is 3.19. The summed E-state index contributed by atoms with van der Waals surface area (Å²) in [7, 11) is 0.